The van der Waals surface area contributed by atoms with Crippen LogP contribution in [0.3, 0.4) is 0 Å². The van der Waals surface area contributed by atoms with Crippen molar-refractivity contribution in [2.45, 2.75) is 25.1 Å². The fourth-order valence-electron chi connectivity index (χ4n) is 2.61. The highest BCUT2D eigenvalue weighted by atomic mass is 32.2. The molecule has 2 rings (SSSR count). The fraction of sp³-hybridized carbons (Fsp3) is 0.500. The molecule has 6 heteroatoms. The van der Waals surface area contributed by atoms with Gasteiger partial charge in [0.15, 0.2) is 0 Å². The molecular formula is C14H18N2O3S. The Labute approximate surface area is 119 Å². The van der Waals surface area contributed by atoms with Crippen molar-refractivity contribution >= 4 is 10.0 Å². The summed E-state index contributed by atoms with van der Waals surface area (Å²) in [5.41, 5.74) is 1.05. The molecule has 0 aliphatic carbocycles. The quantitative estimate of drug-likeness (QED) is 0.901. The number of hydrogen-bond donors (Lipinski definition) is 1. The van der Waals surface area contributed by atoms with Crippen molar-refractivity contribution in [3.05, 3.63) is 35.4 Å². The molecule has 0 aromatic heterocycles. The van der Waals surface area contributed by atoms with Gasteiger partial charge in [-0.3, -0.25) is 0 Å². The summed E-state index contributed by atoms with van der Waals surface area (Å²) in [4.78, 5) is 0. The van der Waals surface area contributed by atoms with E-state index in [9.17, 15) is 13.5 Å². The summed E-state index contributed by atoms with van der Waals surface area (Å²) in [5, 5.41) is 18.2. The predicted octanol–water partition coefficient (Wildman–Crippen LogP) is 1.09. The predicted molar refractivity (Wildman–Crippen MR) is 75.1 cm³/mol. The van der Waals surface area contributed by atoms with E-state index < -0.39 is 10.0 Å². The molecule has 20 heavy (non-hydrogen) atoms. The van der Waals surface area contributed by atoms with Gasteiger partial charge in [0.25, 0.3) is 0 Å². The molecule has 1 N–H and O–H groups in total. The topological polar surface area (TPSA) is 81.4 Å². The zero-order valence-electron chi connectivity index (χ0n) is 11.4. The minimum atomic E-state index is -3.47. The van der Waals surface area contributed by atoms with Crippen LogP contribution >= 0.6 is 0 Å². The van der Waals surface area contributed by atoms with Crippen molar-refractivity contribution in [3.8, 4) is 6.07 Å². The largest absolute Gasteiger partial charge is 0.395 e. The lowest BCUT2D eigenvalue weighted by Gasteiger charge is -2.24. The summed E-state index contributed by atoms with van der Waals surface area (Å²) in [6, 6.07) is 8.28. The lowest BCUT2D eigenvalue weighted by Crippen LogP contribution is -2.40. The van der Waals surface area contributed by atoms with Crippen LogP contribution in [0.1, 0.15) is 24.5 Å². The molecule has 108 valence electrons. The van der Waals surface area contributed by atoms with Crippen LogP contribution in [-0.4, -0.2) is 37.0 Å². The third-order valence-corrected chi connectivity index (χ3v) is 5.65. The summed E-state index contributed by atoms with van der Waals surface area (Å²) in [7, 11) is -3.47. The van der Waals surface area contributed by atoms with Crippen LogP contribution in [0.2, 0.25) is 0 Å². The van der Waals surface area contributed by atoms with Crippen molar-refractivity contribution in [2.24, 2.45) is 5.92 Å². The fourth-order valence-corrected chi connectivity index (χ4v) is 4.45. The monoisotopic (exact) mass is 294 g/mol. The summed E-state index contributed by atoms with van der Waals surface area (Å²) < 4.78 is 26.3. The van der Waals surface area contributed by atoms with Crippen molar-refractivity contribution < 1.29 is 13.5 Å². The highest BCUT2D eigenvalue weighted by Crippen LogP contribution is 2.28. The number of nitriles is 1. The van der Waals surface area contributed by atoms with E-state index in [2.05, 4.69) is 0 Å². The molecule has 0 radical (unpaired) electrons. The van der Waals surface area contributed by atoms with E-state index in [0.717, 1.165) is 6.42 Å². The van der Waals surface area contributed by atoms with Gasteiger partial charge in [-0.25, -0.2) is 8.42 Å². The summed E-state index contributed by atoms with van der Waals surface area (Å²) in [6.07, 6.45) is 0.767. The molecule has 0 spiro atoms. The Balaban J connectivity index is 2.21. The number of hydrogen-bond acceptors (Lipinski definition) is 4. The molecule has 2 unspecified atom stereocenters. The third-order valence-electron chi connectivity index (χ3n) is 3.78. The van der Waals surface area contributed by atoms with E-state index in [0.29, 0.717) is 17.7 Å². The van der Waals surface area contributed by atoms with Crippen LogP contribution in [-0.2, 0) is 15.8 Å². The SMILES string of the molecule is CC1CCN(S(=O)(=O)Cc2cccc(C#N)c2)C1CO. The van der Waals surface area contributed by atoms with Crippen molar-refractivity contribution in [3.63, 3.8) is 0 Å². The van der Waals surface area contributed by atoms with Crippen molar-refractivity contribution in [1.29, 1.82) is 5.26 Å². The molecular weight excluding hydrogens is 276 g/mol. The molecule has 0 saturated carbocycles. The average molecular weight is 294 g/mol. The van der Waals surface area contributed by atoms with Crippen LogP contribution < -0.4 is 0 Å². The number of benzene rings is 1. The first-order chi connectivity index (χ1) is 9.47. The molecule has 1 heterocycles. The standard InChI is InChI=1S/C14H18N2O3S/c1-11-5-6-16(14(11)9-17)20(18,19)10-13-4-2-3-12(7-13)8-15/h2-4,7,11,14,17H,5-6,9-10H2,1H3. The van der Waals surface area contributed by atoms with Crippen LogP contribution in [0.25, 0.3) is 0 Å². The lowest BCUT2D eigenvalue weighted by atomic mass is 10.0. The molecule has 1 fully saturated rings. The molecule has 0 amide bonds. The molecule has 2 atom stereocenters. The van der Waals surface area contributed by atoms with Gasteiger partial charge in [0.05, 0.1) is 30.0 Å². The maximum Gasteiger partial charge on any atom is 0.218 e. The third kappa shape index (κ3) is 3.01. The summed E-state index contributed by atoms with van der Waals surface area (Å²) in [6.45, 7) is 2.25. The lowest BCUT2D eigenvalue weighted by molar-refractivity contribution is 0.191. The van der Waals surface area contributed by atoms with Gasteiger partial charge in [-0.2, -0.15) is 9.57 Å². The molecule has 1 aliphatic rings. The Kier molecular flexibility index (Phi) is 4.43. The number of nitrogens with zero attached hydrogens (tertiary/aromatic N) is 2. The molecule has 0 bridgehead atoms. The first kappa shape index (κ1) is 15.0. The zero-order valence-corrected chi connectivity index (χ0v) is 12.2. The molecule has 1 aliphatic heterocycles. The van der Waals surface area contributed by atoms with Crippen LogP contribution in [0.5, 0.6) is 0 Å². The van der Waals surface area contributed by atoms with Crippen LogP contribution in [0, 0.1) is 17.2 Å². The van der Waals surface area contributed by atoms with Crippen LogP contribution in [0.4, 0.5) is 0 Å². The van der Waals surface area contributed by atoms with Crippen LogP contribution in [0.15, 0.2) is 24.3 Å². The second kappa shape index (κ2) is 5.92. The number of aliphatic hydroxyl groups excluding tert-OH is 1. The maximum atomic E-state index is 12.4. The van der Waals surface area contributed by atoms with E-state index >= 15 is 0 Å². The average Bonchev–Trinajstić information content (AvgIpc) is 2.80. The van der Waals surface area contributed by atoms with E-state index in [-0.39, 0.29) is 24.3 Å². The Hall–Kier alpha value is -1.42. The summed E-state index contributed by atoms with van der Waals surface area (Å²) >= 11 is 0. The molecule has 1 aromatic carbocycles. The molecule has 5 nitrogen and oxygen atoms in total. The van der Waals surface area contributed by atoms with Gasteiger partial charge in [-0.1, -0.05) is 19.1 Å². The van der Waals surface area contributed by atoms with E-state index in [1.165, 1.54) is 4.31 Å². The van der Waals surface area contributed by atoms with Gasteiger partial charge in [0, 0.05) is 6.54 Å². The Morgan fingerprint density at radius 1 is 1.50 bits per heavy atom. The normalized spacial score (nSPS) is 23.6. The number of rotatable bonds is 4. The Morgan fingerprint density at radius 3 is 2.90 bits per heavy atom. The number of sulfonamides is 1. The Bertz CT molecular complexity index is 622. The second-order valence-corrected chi connectivity index (χ2v) is 7.12. The highest BCUT2D eigenvalue weighted by Gasteiger charge is 2.38. The molecule has 1 saturated heterocycles. The zero-order chi connectivity index (χ0) is 14.8. The smallest absolute Gasteiger partial charge is 0.218 e. The highest BCUT2D eigenvalue weighted by molar-refractivity contribution is 7.88. The van der Waals surface area contributed by atoms with E-state index in [1.54, 1.807) is 24.3 Å². The van der Waals surface area contributed by atoms with Crippen molar-refractivity contribution in [2.75, 3.05) is 13.2 Å². The van der Waals surface area contributed by atoms with Gasteiger partial charge < -0.3 is 5.11 Å². The van der Waals surface area contributed by atoms with Gasteiger partial charge in [0.2, 0.25) is 10.0 Å². The number of aliphatic hydroxyl groups is 1. The van der Waals surface area contributed by atoms with Gasteiger partial charge in [-0.15, -0.1) is 0 Å². The van der Waals surface area contributed by atoms with Gasteiger partial charge in [0.1, 0.15) is 0 Å². The van der Waals surface area contributed by atoms with E-state index in [4.69, 9.17) is 5.26 Å². The second-order valence-electron chi connectivity index (χ2n) is 5.20. The first-order valence-corrected chi connectivity index (χ1v) is 8.18. The maximum absolute atomic E-state index is 12.4. The van der Waals surface area contributed by atoms with Gasteiger partial charge in [-0.05, 0) is 30.0 Å². The summed E-state index contributed by atoms with van der Waals surface area (Å²) in [5.74, 6) is 0.0337. The minimum Gasteiger partial charge on any atom is -0.395 e. The Morgan fingerprint density at radius 2 is 2.25 bits per heavy atom. The molecule has 1 aromatic rings. The van der Waals surface area contributed by atoms with Crippen molar-refractivity contribution in [1.82, 2.24) is 4.31 Å². The minimum absolute atomic E-state index is 0.133. The van der Waals surface area contributed by atoms with Gasteiger partial charge >= 0.3 is 0 Å². The van der Waals surface area contributed by atoms with E-state index in [1.807, 2.05) is 13.0 Å². The first-order valence-electron chi connectivity index (χ1n) is 6.57.